The number of benzene rings is 1. The Morgan fingerprint density at radius 2 is 2.20 bits per heavy atom. The second-order valence-corrected chi connectivity index (χ2v) is 3.22. The van der Waals surface area contributed by atoms with E-state index < -0.39 is 5.97 Å². The van der Waals surface area contributed by atoms with E-state index in [1.165, 1.54) is 0 Å². The second kappa shape index (κ2) is 5.86. The lowest BCUT2D eigenvalue weighted by atomic mass is 10.1. The van der Waals surface area contributed by atoms with E-state index in [-0.39, 0.29) is 6.42 Å². The minimum atomic E-state index is -0.770. The standard InChI is InChI=1S/C12H15NO2/c1-2-9-13-11-6-4-3-5-10(11)7-8-12(14)15/h2-6,13H,1,7-9H2,(H,14,15). The average molecular weight is 205 g/mol. The third kappa shape index (κ3) is 3.85. The van der Waals surface area contributed by atoms with Gasteiger partial charge in [0, 0.05) is 18.7 Å². The number of rotatable bonds is 6. The van der Waals surface area contributed by atoms with Crippen LogP contribution in [-0.2, 0) is 11.2 Å². The molecule has 2 N–H and O–H groups in total. The van der Waals surface area contributed by atoms with Gasteiger partial charge in [-0.05, 0) is 18.1 Å². The molecule has 0 aliphatic carbocycles. The van der Waals surface area contributed by atoms with Crippen molar-refractivity contribution in [3.8, 4) is 0 Å². The van der Waals surface area contributed by atoms with E-state index in [1.807, 2.05) is 24.3 Å². The zero-order valence-corrected chi connectivity index (χ0v) is 8.57. The lowest BCUT2D eigenvalue weighted by Crippen LogP contribution is -2.03. The number of aryl methyl sites for hydroxylation is 1. The number of hydrogen-bond donors (Lipinski definition) is 2. The Balaban J connectivity index is 2.67. The van der Waals surface area contributed by atoms with Crippen molar-refractivity contribution in [2.24, 2.45) is 0 Å². The molecule has 0 aliphatic rings. The van der Waals surface area contributed by atoms with Crippen molar-refractivity contribution in [1.82, 2.24) is 0 Å². The van der Waals surface area contributed by atoms with Crippen LogP contribution in [0, 0.1) is 0 Å². The Bertz CT molecular complexity index is 347. The fourth-order valence-corrected chi connectivity index (χ4v) is 1.33. The van der Waals surface area contributed by atoms with Crippen LogP contribution >= 0.6 is 0 Å². The molecule has 0 saturated carbocycles. The number of anilines is 1. The van der Waals surface area contributed by atoms with Crippen LogP contribution in [0.1, 0.15) is 12.0 Å². The molecule has 3 nitrogen and oxygen atoms in total. The molecule has 80 valence electrons. The van der Waals surface area contributed by atoms with Gasteiger partial charge in [0.15, 0.2) is 0 Å². The molecular weight excluding hydrogens is 190 g/mol. The van der Waals surface area contributed by atoms with Crippen LogP contribution in [0.15, 0.2) is 36.9 Å². The van der Waals surface area contributed by atoms with Crippen molar-refractivity contribution in [3.05, 3.63) is 42.5 Å². The number of hydrogen-bond acceptors (Lipinski definition) is 2. The Kier molecular flexibility index (Phi) is 4.41. The normalized spacial score (nSPS) is 9.60. The summed E-state index contributed by atoms with van der Waals surface area (Å²) in [6.07, 6.45) is 2.48. The van der Waals surface area contributed by atoms with Gasteiger partial charge >= 0.3 is 5.97 Å². The summed E-state index contributed by atoms with van der Waals surface area (Å²) < 4.78 is 0. The van der Waals surface area contributed by atoms with Gasteiger partial charge in [0.25, 0.3) is 0 Å². The zero-order chi connectivity index (χ0) is 11.1. The fraction of sp³-hybridized carbons (Fsp3) is 0.250. The van der Waals surface area contributed by atoms with Gasteiger partial charge in [-0.1, -0.05) is 24.3 Å². The maximum Gasteiger partial charge on any atom is 0.303 e. The van der Waals surface area contributed by atoms with Gasteiger partial charge in [-0.3, -0.25) is 4.79 Å². The molecule has 0 radical (unpaired) electrons. The molecule has 3 heteroatoms. The Morgan fingerprint density at radius 3 is 2.87 bits per heavy atom. The van der Waals surface area contributed by atoms with Crippen LogP contribution in [-0.4, -0.2) is 17.6 Å². The zero-order valence-electron chi connectivity index (χ0n) is 8.57. The predicted octanol–water partition coefficient (Wildman–Crippen LogP) is 2.30. The first kappa shape index (κ1) is 11.3. The predicted molar refractivity (Wildman–Crippen MR) is 61.1 cm³/mol. The molecule has 0 aliphatic heterocycles. The summed E-state index contributed by atoms with van der Waals surface area (Å²) in [7, 11) is 0. The highest BCUT2D eigenvalue weighted by Crippen LogP contribution is 2.16. The molecule has 1 rings (SSSR count). The first-order valence-corrected chi connectivity index (χ1v) is 4.88. The van der Waals surface area contributed by atoms with E-state index in [0.29, 0.717) is 13.0 Å². The summed E-state index contributed by atoms with van der Waals surface area (Å²) in [4.78, 5) is 10.5. The minimum absolute atomic E-state index is 0.160. The van der Waals surface area contributed by atoms with Gasteiger partial charge in [-0.2, -0.15) is 0 Å². The molecule has 1 aromatic rings. The molecule has 0 atom stereocenters. The van der Waals surface area contributed by atoms with Gasteiger partial charge in [-0.25, -0.2) is 0 Å². The number of carboxylic acids is 1. The highest BCUT2D eigenvalue weighted by molar-refractivity contribution is 5.67. The second-order valence-electron chi connectivity index (χ2n) is 3.22. The van der Waals surface area contributed by atoms with Crippen LogP contribution in [0.25, 0.3) is 0 Å². The van der Waals surface area contributed by atoms with E-state index >= 15 is 0 Å². The molecule has 0 unspecified atom stereocenters. The molecule has 1 aromatic carbocycles. The van der Waals surface area contributed by atoms with E-state index in [9.17, 15) is 4.79 Å². The quantitative estimate of drug-likeness (QED) is 0.700. The first-order valence-electron chi connectivity index (χ1n) is 4.88. The molecule has 0 aromatic heterocycles. The van der Waals surface area contributed by atoms with Crippen molar-refractivity contribution in [2.75, 3.05) is 11.9 Å². The lowest BCUT2D eigenvalue weighted by Gasteiger charge is -2.09. The lowest BCUT2D eigenvalue weighted by molar-refractivity contribution is -0.136. The SMILES string of the molecule is C=CCNc1ccccc1CCC(=O)O. The summed E-state index contributed by atoms with van der Waals surface area (Å²) in [6, 6.07) is 7.72. The van der Waals surface area contributed by atoms with Crippen LogP contribution in [0.2, 0.25) is 0 Å². The highest BCUT2D eigenvalue weighted by Gasteiger charge is 2.03. The van der Waals surface area contributed by atoms with Crippen molar-refractivity contribution in [1.29, 1.82) is 0 Å². The van der Waals surface area contributed by atoms with Crippen molar-refractivity contribution in [3.63, 3.8) is 0 Å². The molecule has 0 spiro atoms. The molecule has 0 fully saturated rings. The summed E-state index contributed by atoms with van der Waals surface area (Å²) in [6.45, 7) is 4.31. The van der Waals surface area contributed by atoms with E-state index in [0.717, 1.165) is 11.3 Å². The number of nitrogens with one attached hydrogen (secondary N) is 1. The molecule has 0 amide bonds. The van der Waals surface area contributed by atoms with Gasteiger partial charge in [-0.15, -0.1) is 6.58 Å². The van der Waals surface area contributed by atoms with Crippen LogP contribution in [0.5, 0.6) is 0 Å². The molecular formula is C12H15NO2. The van der Waals surface area contributed by atoms with E-state index in [2.05, 4.69) is 11.9 Å². The highest BCUT2D eigenvalue weighted by atomic mass is 16.4. The van der Waals surface area contributed by atoms with Gasteiger partial charge < -0.3 is 10.4 Å². The first-order chi connectivity index (χ1) is 7.24. The smallest absolute Gasteiger partial charge is 0.303 e. The van der Waals surface area contributed by atoms with Crippen LogP contribution in [0.3, 0.4) is 0 Å². The molecule has 0 heterocycles. The monoisotopic (exact) mass is 205 g/mol. The summed E-state index contributed by atoms with van der Waals surface area (Å²) in [5, 5.41) is 11.8. The Hall–Kier alpha value is -1.77. The third-order valence-corrected chi connectivity index (χ3v) is 2.06. The summed E-state index contributed by atoms with van der Waals surface area (Å²) in [5.41, 5.74) is 2.01. The number of para-hydroxylation sites is 1. The van der Waals surface area contributed by atoms with Crippen molar-refractivity contribution in [2.45, 2.75) is 12.8 Å². The van der Waals surface area contributed by atoms with Gasteiger partial charge in [0.1, 0.15) is 0 Å². The van der Waals surface area contributed by atoms with E-state index in [1.54, 1.807) is 6.08 Å². The maximum atomic E-state index is 10.5. The third-order valence-electron chi connectivity index (χ3n) is 2.06. The molecule has 0 bridgehead atoms. The van der Waals surface area contributed by atoms with Crippen molar-refractivity contribution < 1.29 is 9.90 Å². The Labute approximate surface area is 89.4 Å². The summed E-state index contributed by atoms with van der Waals surface area (Å²) in [5.74, 6) is -0.770. The number of aliphatic carboxylic acids is 1. The minimum Gasteiger partial charge on any atom is -0.481 e. The number of carboxylic acid groups (broad SMARTS) is 1. The topological polar surface area (TPSA) is 49.3 Å². The molecule has 0 saturated heterocycles. The van der Waals surface area contributed by atoms with Gasteiger partial charge in [0.05, 0.1) is 0 Å². The van der Waals surface area contributed by atoms with Crippen LogP contribution < -0.4 is 5.32 Å². The maximum absolute atomic E-state index is 10.5. The molecule has 15 heavy (non-hydrogen) atoms. The van der Waals surface area contributed by atoms with Gasteiger partial charge in [0.2, 0.25) is 0 Å². The largest absolute Gasteiger partial charge is 0.481 e. The number of carbonyl (C=O) groups is 1. The average Bonchev–Trinajstić information content (AvgIpc) is 2.24. The fourth-order valence-electron chi connectivity index (χ4n) is 1.33. The van der Waals surface area contributed by atoms with E-state index in [4.69, 9.17) is 5.11 Å². The Morgan fingerprint density at radius 1 is 1.47 bits per heavy atom. The van der Waals surface area contributed by atoms with Crippen LogP contribution in [0.4, 0.5) is 5.69 Å². The van der Waals surface area contributed by atoms with Crippen molar-refractivity contribution >= 4 is 11.7 Å². The summed E-state index contributed by atoms with van der Waals surface area (Å²) >= 11 is 0.